The summed E-state index contributed by atoms with van der Waals surface area (Å²) in [6.45, 7) is 7.16. The summed E-state index contributed by atoms with van der Waals surface area (Å²) in [4.78, 5) is 27.2. The maximum absolute atomic E-state index is 11.2. The predicted octanol–water partition coefficient (Wildman–Crippen LogP) is 1.74. The van der Waals surface area contributed by atoms with Crippen molar-refractivity contribution in [2.75, 3.05) is 19.5 Å². The number of carbonyl (C=O) groups excluding carboxylic acids is 2. The molecule has 1 amide bonds. The third-order valence-corrected chi connectivity index (χ3v) is 2.57. The van der Waals surface area contributed by atoms with Gasteiger partial charge in [0.2, 0.25) is 0 Å². The van der Waals surface area contributed by atoms with Gasteiger partial charge in [-0.3, -0.25) is 9.63 Å². The van der Waals surface area contributed by atoms with Gasteiger partial charge in [0.25, 0.3) is 0 Å². The van der Waals surface area contributed by atoms with Crippen LogP contribution in [0, 0.1) is 0 Å². The molecule has 1 N–H and O–H groups in total. The molecule has 0 aromatic carbocycles. The molecule has 0 bridgehead atoms. The van der Waals surface area contributed by atoms with E-state index in [-0.39, 0.29) is 24.4 Å². The summed E-state index contributed by atoms with van der Waals surface area (Å²) in [6, 6.07) is 0. The van der Waals surface area contributed by atoms with Crippen molar-refractivity contribution in [1.82, 2.24) is 5.48 Å². The Morgan fingerprint density at radius 2 is 1.89 bits per heavy atom. The van der Waals surface area contributed by atoms with Crippen LogP contribution in [-0.2, 0) is 19.1 Å². The van der Waals surface area contributed by atoms with E-state index in [1.807, 2.05) is 6.26 Å². The molecule has 0 aliphatic heterocycles. The molecule has 18 heavy (non-hydrogen) atoms. The molecule has 1 atom stereocenters. The quantitative estimate of drug-likeness (QED) is 0.453. The Labute approximate surface area is 112 Å². The highest BCUT2D eigenvalue weighted by molar-refractivity contribution is 7.99. The minimum Gasteiger partial charge on any atom is -0.462 e. The molecular formula is C11H21NO5S. The lowest BCUT2D eigenvalue weighted by molar-refractivity contribution is -0.144. The second kappa shape index (κ2) is 8.20. The lowest BCUT2D eigenvalue weighted by atomic mass is 10.2. The van der Waals surface area contributed by atoms with Gasteiger partial charge in [-0.05, 0) is 34.0 Å². The molecule has 0 aliphatic rings. The first-order chi connectivity index (χ1) is 8.26. The van der Waals surface area contributed by atoms with Gasteiger partial charge in [0.15, 0.2) is 0 Å². The summed E-state index contributed by atoms with van der Waals surface area (Å²) >= 11 is 1.40. The monoisotopic (exact) mass is 279 g/mol. The van der Waals surface area contributed by atoms with E-state index in [9.17, 15) is 9.59 Å². The van der Waals surface area contributed by atoms with Crippen LogP contribution in [0.4, 0.5) is 4.79 Å². The zero-order valence-corrected chi connectivity index (χ0v) is 12.3. The highest BCUT2D eigenvalue weighted by Crippen LogP contribution is 2.07. The van der Waals surface area contributed by atoms with Crippen LogP contribution in [0.15, 0.2) is 0 Å². The Balaban J connectivity index is 3.57. The van der Waals surface area contributed by atoms with Crippen molar-refractivity contribution in [1.29, 1.82) is 0 Å². The van der Waals surface area contributed by atoms with Crippen LogP contribution in [-0.4, -0.2) is 42.4 Å². The van der Waals surface area contributed by atoms with Crippen LogP contribution >= 0.6 is 11.8 Å². The summed E-state index contributed by atoms with van der Waals surface area (Å²) in [5.41, 5.74) is 1.52. The number of ether oxygens (including phenoxy) is 2. The zero-order chi connectivity index (χ0) is 14.2. The van der Waals surface area contributed by atoms with E-state index >= 15 is 0 Å². The fraction of sp³-hybridized carbons (Fsp3) is 0.818. The zero-order valence-electron chi connectivity index (χ0n) is 11.4. The van der Waals surface area contributed by atoms with Crippen LogP contribution in [0.3, 0.4) is 0 Å². The van der Waals surface area contributed by atoms with Crippen LogP contribution in [0.1, 0.15) is 27.7 Å². The number of esters is 1. The minimum atomic E-state index is -0.675. The van der Waals surface area contributed by atoms with E-state index in [2.05, 4.69) is 5.48 Å². The highest BCUT2D eigenvalue weighted by Gasteiger charge is 2.16. The standard InChI is InChI=1S/C11H21NO5S/c1-8(18-5)9(13)15-6-7-16-12-10(14)17-11(2,3)4/h8H,6-7H2,1-5H3,(H,12,14). The molecule has 0 saturated carbocycles. The fourth-order valence-corrected chi connectivity index (χ4v) is 1.07. The number of rotatable bonds is 6. The molecule has 106 valence electrons. The third-order valence-electron chi connectivity index (χ3n) is 1.67. The van der Waals surface area contributed by atoms with E-state index < -0.39 is 11.7 Å². The molecule has 1 unspecified atom stereocenters. The molecule has 0 fully saturated rings. The van der Waals surface area contributed by atoms with Crippen molar-refractivity contribution in [3.8, 4) is 0 Å². The maximum Gasteiger partial charge on any atom is 0.431 e. The fourth-order valence-electron chi connectivity index (χ4n) is 0.806. The Bertz CT molecular complexity index is 277. The van der Waals surface area contributed by atoms with Crippen LogP contribution in [0.2, 0.25) is 0 Å². The number of carbonyl (C=O) groups is 2. The summed E-state index contributed by atoms with van der Waals surface area (Å²) in [7, 11) is 0. The number of hydrogen-bond donors (Lipinski definition) is 1. The molecule has 6 nitrogen and oxygen atoms in total. The number of thioether (sulfide) groups is 1. The van der Waals surface area contributed by atoms with Gasteiger partial charge >= 0.3 is 12.1 Å². The SMILES string of the molecule is CSC(C)C(=O)OCCONC(=O)OC(C)(C)C. The van der Waals surface area contributed by atoms with Gasteiger partial charge in [-0.2, -0.15) is 17.2 Å². The average molecular weight is 279 g/mol. The lowest BCUT2D eigenvalue weighted by Gasteiger charge is -2.19. The molecule has 0 aromatic heterocycles. The molecule has 0 spiro atoms. The smallest absolute Gasteiger partial charge is 0.431 e. The maximum atomic E-state index is 11.2. The second-order valence-electron chi connectivity index (χ2n) is 4.50. The normalized spacial score (nSPS) is 12.7. The van der Waals surface area contributed by atoms with E-state index in [4.69, 9.17) is 14.3 Å². The van der Waals surface area contributed by atoms with Gasteiger partial charge in [0.1, 0.15) is 18.8 Å². The molecule has 0 rings (SSSR count). The van der Waals surface area contributed by atoms with E-state index in [1.54, 1.807) is 27.7 Å². The molecule has 0 aromatic rings. The Morgan fingerprint density at radius 3 is 2.39 bits per heavy atom. The van der Waals surface area contributed by atoms with Crippen LogP contribution in [0.25, 0.3) is 0 Å². The van der Waals surface area contributed by atoms with Crippen LogP contribution < -0.4 is 5.48 Å². The molecule has 0 radical (unpaired) electrons. The van der Waals surface area contributed by atoms with Crippen LogP contribution in [0.5, 0.6) is 0 Å². The van der Waals surface area contributed by atoms with Gasteiger partial charge in [0.05, 0.1) is 5.25 Å². The van der Waals surface area contributed by atoms with Gasteiger partial charge < -0.3 is 9.47 Å². The number of amides is 1. The summed E-state index contributed by atoms with van der Waals surface area (Å²) in [5, 5.41) is -0.205. The van der Waals surface area contributed by atoms with Crippen molar-refractivity contribution in [3.05, 3.63) is 0 Å². The molecule has 0 heterocycles. The average Bonchev–Trinajstić information content (AvgIpc) is 2.24. The Hall–Kier alpha value is -0.950. The van der Waals surface area contributed by atoms with Crippen molar-refractivity contribution in [2.45, 2.75) is 38.5 Å². The largest absolute Gasteiger partial charge is 0.462 e. The molecule has 7 heteroatoms. The number of hydrogen-bond acceptors (Lipinski definition) is 6. The van der Waals surface area contributed by atoms with E-state index in [1.165, 1.54) is 11.8 Å². The first-order valence-electron chi connectivity index (χ1n) is 5.56. The van der Waals surface area contributed by atoms with Crippen molar-refractivity contribution in [3.63, 3.8) is 0 Å². The molecular weight excluding hydrogens is 258 g/mol. The van der Waals surface area contributed by atoms with Gasteiger partial charge in [0, 0.05) is 0 Å². The third kappa shape index (κ3) is 9.12. The van der Waals surface area contributed by atoms with Gasteiger partial charge in [-0.15, -0.1) is 0 Å². The van der Waals surface area contributed by atoms with Crippen molar-refractivity contribution < 1.29 is 23.9 Å². The Morgan fingerprint density at radius 1 is 1.28 bits per heavy atom. The number of hydroxylamine groups is 1. The van der Waals surface area contributed by atoms with E-state index in [0.717, 1.165) is 0 Å². The predicted molar refractivity (Wildman–Crippen MR) is 69.3 cm³/mol. The Kier molecular flexibility index (Phi) is 7.77. The molecule has 0 aliphatic carbocycles. The second-order valence-corrected chi connectivity index (χ2v) is 5.68. The number of nitrogens with one attached hydrogen (secondary N) is 1. The topological polar surface area (TPSA) is 73.9 Å². The summed E-state index contributed by atoms with van der Waals surface area (Å²) < 4.78 is 9.84. The minimum absolute atomic E-state index is 0.0755. The first-order valence-corrected chi connectivity index (χ1v) is 6.85. The highest BCUT2D eigenvalue weighted by atomic mass is 32.2. The van der Waals surface area contributed by atoms with Gasteiger partial charge in [-0.1, -0.05) is 0 Å². The van der Waals surface area contributed by atoms with E-state index in [0.29, 0.717) is 0 Å². The van der Waals surface area contributed by atoms with Crippen molar-refractivity contribution in [2.24, 2.45) is 0 Å². The first kappa shape index (κ1) is 17.1. The summed E-state index contributed by atoms with van der Waals surface area (Å²) in [5.74, 6) is -0.302. The lowest BCUT2D eigenvalue weighted by Crippen LogP contribution is -2.33. The van der Waals surface area contributed by atoms with Gasteiger partial charge in [-0.25, -0.2) is 4.79 Å². The summed E-state index contributed by atoms with van der Waals surface area (Å²) in [6.07, 6.45) is 1.15. The molecule has 0 saturated heterocycles. The van der Waals surface area contributed by atoms with Crippen molar-refractivity contribution >= 4 is 23.8 Å².